The third-order valence-electron chi connectivity index (χ3n) is 2.72. The molecule has 0 saturated heterocycles. The minimum Gasteiger partial charge on any atom is -0.392 e. The SMILES string of the molecule is CCCNc1cc(N(C)CC(C)O)nc(CCC)n1. The second-order valence-electron chi connectivity index (χ2n) is 4.93. The normalized spacial score (nSPS) is 12.3. The first kappa shape index (κ1) is 15.7. The predicted molar refractivity (Wildman–Crippen MR) is 79.8 cm³/mol. The molecule has 108 valence electrons. The van der Waals surface area contributed by atoms with Crippen molar-refractivity contribution in [2.24, 2.45) is 0 Å². The minimum atomic E-state index is -0.373. The minimum absolute atomic E-state index is 0.373. The molecule has 0 bridgehead atoms. The Morgan fingerprint density at radius 1 is 1.32 bits per heavy atom. The Labute approximate surface area is 116 Å². The lowest BCUT2D eigenvalue weighted by atomic mass is 10.3. The summed E-state index contributed by atoms with van der Waals surface area (Å²) in [6.45, 7) is 7.50. The molecule has 19 heavy (non-hydrogen) atoms. The van der Waals surface area contributed by atoms with E-state index in [9.17, 15) is 5.11 Å². The van der Waals surface area contributed by atoms with Crippen LogP contribution in [0.1, 0.15) is 39.4 Å². The van der Waals surface area contributed by atoms with Crippen molar-refractivity contribution < 1.29 is 5.11 Å². The first-order chi connectivity index (χ1) is 9.06. The highest BCUT2D eigenvalue weighted by Gasteiger charge is 2.10. The number of hydrogen-bond acceptors (Lipinski definition) is 5. The van der Waals surface area contributed by atoms with Gasteiger partial charge in [-0.05, 0) is 19.8 Å². The third kappa shape index (κ3) is 5.42. The number of rotatable bonds is 8. The Hall–Kier alpha value is -1.36. The van der Waals surface area contributed by atoms with Crippen LogP contribution in [0, 0.1) is 0 Å². The number of anilines is 2. The molecule has 0 aromatic carbocycles. The molecule has 0 aliphatic heterocycles. The fraction of sp³-hybridized carbons (Fsp3) is 0.714. The van der Waals surface area contributed by atoms with E-state index in [-0.39, 0.29) is 6.10 Å². The molecule has 0 amide bonds. The van der Waals surface area contributed by atoms with E-state index in [0.29, 0.717) is 6.54 Å². The molecule has 1 heterocycles. The lowest BCUT2D eigenvalue weighted by Gasteiger charge is -2.21. The van der Waals surface area contributed by atoms with Crippen molar-refractivity contribution in [3.05, 3.63) is 11.9 Å². The summed E-state index contributed by atoms with van der Waals surface area (Å²) in [5.41, 5.74) is 0. The number of aromatic nitrogens is 2. The van der Waals surface area contributed by atoms with Crippen molar-refractivity contribution in [1.82, 2.24) is 9.97 Å². The van der Waals surface area contributed by atoms with E-state index in [0.717, 1.165) is 43.3 Å². The number of aliphatic hydroxyl groups is 1. The zero-order valence-electron chi connectivity index (χ0n) is 12.5. The topological polar surface area (TPSA) is 61.3 Å². The van der Waals surface area contributed by atoms with E-state index in [1.165, 1.54) is 0 Å². The standard InChI is InChI=1S/C14H26N4O/c1-5-7-12-16-13(15-8-6-2)9-14(17-12)18(4)10-11(3)19/h9,11,19H,5-8,10H2,1-4H3,(H,15,16,17). The van der Waals surface area contributed by atoms with Gasteiger partial charge in [-0.1, -0.05) is 13.8 Å². The fourth-order valence-corrected chi connectivity index (χ4v) is 1.85. The lowest BCUT2D eigenvalue weighted by molar-refractivity contribution is 0.201. The van der Waals surface area contributed by atoms with Crippen molar-refractivity contribution >= 4 is 11.6 Å². The Kier molecular flexibility index (Phi) is 6.56. The second kappa shape index (κ2) is 7.94. The molecule has 0 spiro atoms. The lowest BCUT2D eigenvalue weighted by Crippen LogP contribution is -2.28. The van der Waals surface area contributed by atoms with E-state index in [1.54, 1.807) is 6.92 Å². The van der Waals surface area contributed by atoms with E-state index >= 15 is 0 Å². The maximum absolute atomic E-state index is 9.47. The van der Waals surface area contributed by atoms with Gasteiger partial charge in [0.25, 0.3) is 0 Å². The van der Waals surface area contributed by atoms with Gasteiger partial charge in [0, 0.05) is 32.6 Å². The van der Waals surface area contributed by atoms with Gasteiger partial charge < -0.3 is 15.3 Å². The van der Waals surface area contributed by atoms with E-state index in [1.807, 2.05) is 18.0 Å². The number of aliphatic hydroxyl groups excluding tert-OH is 1. The van der Waals surface area contributed by atoms with Crippen LogP contribution in [0.5, 0.6) is 0 Å². The molecule has 1 atom stereocenters. The number of nitrogens with one attached hydrogen (secondary N) is 1. The molecule has 0 aliphatic carbocycles. The largest absolute Gasteiger partial charge is 0.392 e. The summed E-state index contributed by atoms with van der Waals surface area (Å²) in [5, 5.41) is 12.8. The van der Waals surface area contributed by atoms with Crippen molar-refractivity contribution in [1.29, 1.82) is 0 Å². The summed E-state index contributed by atoms with van der Waals surface area (Å²) in [6, 6.07) is 1.94. The van der Waals surface area contributed by atoms with Crippen molar-refractivity contribution in [3.63, 3.8) is 0 Å². The summed E-state index contributed by atoms with van der Waals surface area (Å²) >= 11 is 0. The molecule has 5 nitrogen and oxygen atoms in total. The number of aryl methyl sites for hydroxylation is 1. The van der Waals surface area contributed by atoms with Gasteiger partial charge >= 0.3 is 0 Å². The van der Waals surface area contributed by atoms with Crippen LogP contribution in [0.2, 0.25) is 0 Å². The van der Waals surface area contributed by atoms with Gasteiger partial charge in [0.2, 0.25) is 0 Å². The molecule has 2 N–H and O–H groups in total. The molecular formula is C14H26N4O. The molecule has 0 radical (unpaired) electrons. The molecular weight excluding hydrogens is 240 g/mol. The fourth-order valence-electron chi connectivity index (χ4n) is 1.85. The van der Waals surface area contributed by atoms with Gasteiger partial charge in [0.15, 0.2) is 0 Å². The van der Waals surface area contributed by atoms with Crippen LogP contribution in [-0.2, 0) is 6.42 Å². The first-order valence-corrected chi connectivity index (χ1v) is 7.07. The van der Waals surface area contributed by atoms with E-state index in [2.05, 4.69) is 29.1 Å². The highest BCUT2D eigenvalue weighted by molar-refractivity contribution is 5.49. The Balaban J connectivity index is 2.91. The summed E-state index contributed by atoms with van der Waals surface area (Å²) in [5.74, 6) is 2.58. The van der Waals surface area contributed by atoms with Crippen molar-refractivity contribution in [3.8, 4) is 0 Å². The summed E-state index contributed by atoms with van der Waals surface area (Å²) < 4.78 is 0. The average molecular weight is 266 g/mol. The quantitative estimate of drug-likeness (QED) is 0.754. The molecule has 0 saturated carbocycles. The Morgan fingerprint density at radius 3 is 2.63 bits per heavy atom. The number of likely N-dealkylation sites (N-methyl/N-ethyl adjacent to an activating group) is 1. The second-order valence-corrected chi connectivity index (χ2v) is 4.93. The zero-order chi connectivity index (χ0) is 14.3. The van der Waals surface area contributed by atoms with E-state index < -0.39 is 0 Å². The number of hydrogen-bond donors (Lipinski definition) is 2. The Bertz CT molecular complexity index is 382. The predicted octanol–water partition coefficient (Wildman–Crippen LogP) is 2.07. The summed E-state index contributed by atoms with van der Waals surface area (Å²) in [7, 11) is 1.94. The van der Waals surface area contributed by atoms with Crippen LogP contribution in [0.25, 0.3) is 0 Å². The molecule has 1 aromatic rings. The molecule has 0 aliphatic rings. The first-order valence-electron chi connectivity index (χ1n) is 7.07. The van der Waals surface area contributed by atoms with Crippen molar-refractivity contribution in [2.45, 2.75) is 46.1 Å². The molecule has 5 heteroatoms. The third-order valence-corrected chi connectivity index (χ3v) is 2.72. The summed E-state index contributed by atoms with van der Waals surface area (Å²) in [6.07, 6.45) is 2.58. The monoisotopic (exact) mass is 266 g/mol. The van der Waals surface area contributed by atoms with Crippen LogP contribution in [0.15, 0.2) is 6.07 Å². The van der Waals surface area contributed by atoms with Crippen LogP contribution in [0.4, 0.5) is 11.6 Å². The summed E-state index contributed by atoms with van der Waals surface area (Å²) in [4.78, 5) is 11.0. The van der Waals surface area contributed by atoms with Crippen LogP contribution in [0.3, 0.4) is 0 Å². The zero-order valence-corrected chi connectivity index (χ0v) is 12.5. The molecule has 1 unspecified atom stereocenters. The van der Waals surface area contributed by atoms with Crippen molar-refractivity contribution in [2.75, 3.05) is 30.4 Å². The maximum atomic E-state index is 9.47. The molecule has 1 aromatic heterocycles. The average Bonchev–Trinajstić information content (AvgIpc) is 2.35. The number of nitrogens with zero attached hydrogens (tertiary/aromatic N) is 3. The molecule has 0 fully saturated rings. The van der Waals surface area contributed by atoms with Gasteiger partial charge in [0.05, 0.1) is 6.10 Å². The highest BCUT2D eigenvalue weighted by atomic mass is 16.3. The van der Waals surface area contributed by atoms with Gasteiger partial charge in [0.1, 0.15) is 17.5 Å². The maximum Gasteiger partial charge on any atom is 0.134 e. The van der Waals surface area contributed by atoms with E-state index in [4.69, 9.17) is 0 Å². The van der Waals surface area contributed by atoms with Gasteiger partial charge in [-0.25, -0.2) is 9.97 Å². The van der Waals surface area contributed by atoms with Crippen LogP contribution in [-0.4, -0.2) is 41.3 Å². The molecule has 1 rings (SSSR count). The van der Waals surface area contributed by atoms with Gasteiger partial charge in [-0.2, -0.15) is 0 Å². The van der Waals surface area contributed by atoms with Crippen LogP contribution < -0.4 is 10.2 Å². The van der Waals surface area contributed by atoms with Gasteiger partial charge in [-0.3, -0.25) is 0 Å². The highest BCUT2D eigenvalue weighted by Crippen LogP contribution is 2.16. The van der Waals surface area contributed by atoms with Gasteiger partial charge in [-0.15, -0.1) is 0 Å². The smallest absolute Gasteiger partial charge is 0.134 e. The Morgan fingerprint density at radius 2 is 2.05 bits per heavy atom. The van der Waals surface area contributed by atoms with Crippen LogP contribution >= 0.6 is 0 Å².